The Morgan fingerprint density at radius 2 is 2.00 bits per heavy atom. The van der Waals surface area contributed by atoms with Crippen molar-refractivity contribution in [1.82, 2.24) is 0 Å². The number of nitrogens with two attached hydrogens (primary N) is 1. The molecule has 1 heterocycles. The van der Waals surface area contributed by atoms with Gasteiger partial charge in [-0.15, -0.1) is 0 Å². The molecule has 0 saturated heterocycles. The minimum absolute atomic E-state index is 0.0904. The molecule has 0 aliphatic carbocycles. The van der Waals surface area contributed by atoms with Crippen molar-refractivity contribution < 1.29 is 9.47 Å². The van der Waals surface area contributed by atoms with Crippen LogP contribution in [0.3, 0.4) is 0 Å². The molecule has 0 radical (unpaired) electrons. The predicted octanol–water partition coefficient (Wildman–Crippen LogP) is 3.87. The van der Waals surface area contributed by atoms with Crippen LogP contribution < -0.4 is 15.2 Å². The van der Waals surface area contributed by atoms with Gasteiger partial charge in [0.1, 0.15) is 17.6 Å². The summed E-state index contributed by atoms with van der Waals surface area (Å²) in [5.74, 6) is 1.62. The van der Waals surface area contributed by atoms with Crippen molar-refractivity contribution >= 4 is 11.6 Å². The Labute approximate surface area is 123 Å². The van der Waals surface area contributed by atoms with Gasteiger partial charge in [-0.25, -0.2) is 0 Å². The van der Waals surface area contributed by atoms with E-state index in [-0.39, 0.29) is 12.1 Å². The fourth-order valence-corrected chi connectivity index (χ4v) is 2.78. The maximum atomic E-state index is 6.26. The summed E-state index contributed by atoms with van der Waals surface area (Å²) in [5, 5.41) is 0.679. The minimum Gasteiger partial charge on any atom is -0.496 e. The summed E-state index contributed by atoms with van der Waals surface area (Å²) in [4.78, 5) is 0. The number of methoxy groups -OCH3 is 1. The predicted molar refractivity (Wildman–Crippen MR) is 79.4 cm³/mol. The molecule has 3 rings (SSSR count). The molecule has 0 fully saturated rings. The van der Waals surface area contributed by atoms with Crippen LogP contribution in [0, 0.1) is 0 Å². The van der Waals surface area contributed by atoms with Gasteiger partial charge in [-0.1, -0.05) is 29.8 Å². The van der Waals surface area contributed by atoms with Crippen LogP contribution in [-0.4, -0.2) is 7.11 Å². The van der Waals surface area contributed by atoms with Crippen LogP contribution in [0.25, 0.3) is 0 Å². The zero-order valence-corrected chi connectivity index (χ0v) is 11.9. The number of hydrogen-bond donors (Lipinski definition) is 1. The van der Waals surface area contributed by atoms with E-state index in [1.807, 2.05) is 42.5 Å². The van der Waals surface area contributed by atoms with Gasteiger partial charge in [0, 0.05) is 28.6 Å². The summed E-state index contributed by atoms with van der Waals surface area (Å²) in [6, 6.07) is 13.3. The summed E-state index contributed by atoms with van der Waals surface area (Å²) < 4.78 is 11.5. The summed E-state index contributed by atoms with van der Waals surface area (Å²) in [6.07, 6.45) is 0.600. The lowest BCUT2D eigenvalue weighted by Crippen LogP contribution is -2.24. The number of ether oxygens (including phenoxy) is 2. The first-order chi connectivity index (χ1) is 9.69. The molecule has 2 N–H and O–H groups in total. The second-order valence-corrected chi connectivity index (χ2v) is 5.31. The molecular weight excluding hydrogens is 274 g/mol. The van der Waals surface area contributed by atoms with Crippen LogP contribution in [-0.2, 0) is 0 Å². The Kier molecular flexibility index (Phi) is 3.55. The topological polar surface area (TPSA) is 44.5 Å². The summed E-state index contributed by atoms with van der Waals surface area (Å²) in [5.41, 5.74) is 8.24. The first-order valence-corrected chi connectivity index (χ1v) is 6.91. The highest BCUT2D eigenvalue weighted by molar-refractivity contribution is 6.30. The van der Waals surface area contributed by atoms with Crippen LogP contribution in [0.1, 0.15) is 29.7 Å². The maximum Gasteiger partial charge on any atom is 0.129 e. The molecule has 0 amide bonds. The third-order valence-corrected chi connectivity index (χ3v) is 3.83. The lowest BCUT2D eigenvalue weighted by molar-refractivity contribution is 0.158. The van der Waals surface area contributed by atoms with E-state index >= 15 is 0 Å². The van der Waals surface area contributed by atoms with E-state index in [0.29, 0.717) is 11.4 Å². The van der Waals surface area contributed by atoms with E-state index in [1.165, 1.54) is 0 Å². The Balaban J connectivity index is 1.97. The first-order valence-electron chi connectivity index (χ1n) is 6.53. The highest BCUT2D eigenvalue weighted by Gasteiger charge is 2.28. The highest BCUT2D eigenvalue weighted by atomic mass is 35.5. The van der Waals surface area contributed by atoms with Gasteiger partial charge in [0.25, 0.3) is 0 Å². The standard InChI is InChI=1S/C16H16ClNO2/c1-19-14-5-3-2-4-11(14)16-9-13(18)12-8-10(17)6-7-15(12)20-16/h2-8,13,16H,9,18H2,1H3/t13-,16?/m0/s1. The zero-order chi connectivity index (χ0) is 14.1. The quantitative estimate of drug-likeness (QED) is 0.913. The van der Waals surface area contributed by atoms with Crippen LogP contribution in [0.2, 0.25) is 5.02 Å². The Hall–Kier alpha value is -1.71. The smallest absolute Gasteiger partial charge is 0.129 e. The van der Waals surface area contributed by atoms with Crippen molar-refractivity contribution in [2.45, 2.75) is 18.6 Å². The first kappa shape index (κ1) is 13.3. The zero-order valence-electron chi connectivity index (χ0n) is 11.2. The fourth-order valence-electron chi connectivity index (χ4n) is 2.60. The van der Waals surface area contributed by atoms with Crippen LogP contribution >= 0.6 is 11.6 Å². The van der Waals surface area contributed by atoms with Gasteiger partial charge in [-0.2, -0.15) is 0 Å². The number of para-hydroxylation sites is 1. The Bertz CT molecular complexity index is 630. The van der Waals surface area contributed by atoms with Crippen molar-refractivity contribution in [3.63, 3.8) is 0 Å². The van der Waals surface area contributed by atoms with Gasteiger partial charge in [0.05, 0.1) is 7.11 Å². The molecular formula is C16H16ClNO2. The molecule has 2 aromatic carbocycles. The molecule has 0 spiro atoms. The minimum atomic E-state index is -0.102. The van der Waals surface area contributed by atoms with Crippen LogP contribution in [0.5, 0.6) is 11.5 Å². The highest BCUT2D eigenvalue weighted by Crippen LogP contribution is 2.42. The number of hydrogen-bond acceptors (Lipinski definition) is 3. The van der Waals surface area contributed by atoms with Gasteiger partial charge in [-0.3, -0.25) is 0 Å². The summed E-state index contributed by atoms with van der Waals surface area (Å²) in [6.45, 7) is 0. The fraction of sp³-hybridized carbons (Fsp3) is 0.250. The summed E-state index contributed by atoms with van der Waals surface area (Å²) >= 11 is 6.01. The van der Waals surface area contributed by atoms with Crippen molar-refractivity contribution in [1.29, 1.82) is 0 Å². The molecule has 0 bridgehead atoms. The third kappa shape index (κ3) is 2.35. The largest absolute Gasteiger partial charge is 0.496 e. The number of halogens is 1. The van der Waals surface area contributed by atoms with E-state index in [2.05, 4.69) is 0 Å². The van der Waals surface area contributed by atoms with Crippen molar-refractivity contribution in [3.05, 3.63) is 58.6 Å². The van der Waals surface area contributed by atoms with E-state index < -0.39 is 0 Å². The van der Waals surface area contributed by atoms with E-state index in [9.17, 15) is 0 Å². The lowest BCUT2D eigenvalue weighted by atomic mass is 9.93. The molecule has 0 aromatic heterocycles. The Morgan fingerprint density at radius 3 is 2.80 bits per heavy atom. The van der Waals surface area contributed by atoms with E-state index in [4.69, 9.17) is 26.8 Å². The summed E-state index contributed by atoms with van der Waals surface area (Å²) in [7, 11) is 1.66. The molecule has 2 atom stereocenters. The number of rotatable bonds is 2. The normalized spacial score (nSPS) is 20.9. The number of benzene rings is 2. The van der Waals surface area contributed by atoms with E-state index in [1.54, 1.807) is 7.11 Å². The van der Waals surface area contributed by atoms with Gasteiger partial charge in [-0.05, 0) is 24.3 Å². The number of fused-ring (bicyclic) bond motifs is 1. The van der Waals surface area contributed by atoms with E-state index in [0.717, 1.165) is 22.6 Å². The van der Waals surface area contributed by atoms with Crippen LogP contribution in [0.15, 0.2) is 42.5 Å². The van der Waals surface area contributed by atoms with Gasteiger partial charge < -0.3 is 15.2 Å². The van der Waals surface area contributed by atoms with Crippen molar-refractivity contribution in [2.75, 3.05) is 7.11 Å². The van der Waals surface area contributed by atoms with Crippen LogP contribution in [0.4, 0.5) is 0 Å². The Morgan fingerprint density at radius 1 is 1.20 bits per heavy atom. The average molecular weight is 290 g/mol. The third-order valence-electron chi connectivity index (χ3n) is 3.59. The monoisotopic (exact) mass is 289 g/mol. The average Bonchev–Trinajstić information content (AvgIpc) is 2.47. The second kappa shape index (κ2) is 5.35. The molecule has 104 valence electrons. The molecule has 1 aliphatic heterocycles. The maximum absolute atomic E-state index is 6.26. The van der Waals surface area contributed by atoms with Gasteiger partial charge in [0.2, 0.25) is 0 Å². The molecule has 3 nitrogen and oxygen atoms in total. The van der Waals surface area contributed by atoms with Crippen molar-refractivity contribution in [2.24, 2.45) is 5.73 Å². The SMILES string of the molecule is COc1ccccc1C1C[C@H](N)c2cc(Cl)ccc2O1. The molecule has 2 aromatic rings. The lowest BCUT2D eigenvalue weighted by Gasteiger charge is -2.31. The molecule has 0 saturated carbocycles. The second-order valence-electron chi connectivity index (χ2n) is 4.87. The molecule has 1 unspecified atom stereocenters. The molecule has 1 aliphatic rings. The van der Waals surface area contributed by atoms with Gasteiger partial charge in [0.15, 0.2) is 0 Å². The molecule has 4 heteroatoms. The van der Waals surface area contributed by atoms with Gasteiger partial charge >= 0.3 is 0 Å². The molecule has 20 heavy (non-hydrogen) atoms. The van der Waals surface area contributed by atoms with Crippen molar-refractivity contribution in [3.8, 4) is 11.5 Å².